The number of aryl methyl sites for hydroxylation is 2. The van der Waals surface area contributed by atoms with E-state index in [1.54, 1.807) is 150 Å². The van der Waals surface area contributed by atoms with Gasteiger partial charge in [-0.2, -0.15) is 5.26 Å². The van der Waals surface area contributed by atoms with Gasteiger partial charge in [0.1, 0.15) is 37.5 Å². The van der Waals surface area contributed by atoms with E-state index in [1.807, 2.05) is 135 Å². The van der Waals surface area contributed by atoms with E-state index < -0.39 is 55.7 Å². The summed E-state index contributed by atoms with van der Waals surface area (Å²) in [6, 6.07) is 40.0. The van der Waals surface area contributed by atoms with Gasteiger partial charge in [0.2, 0.25) is 0 Å². The Labute approximate surface area is 885 Å². The number of hydrogen-bond acceptors (Lipinski definition) is 30. The smallest absolute Gasteiger partial charge is 0.306 e. The molecule has 20 rings (SSSR count). The predicted molar refractivity (Wildman–Crippen MR) is 583 cm³/mol. The van der Waals surface area contributed by atoms with Gasteiger partial charge in [-0.15, -0.1) is 45.3 Å². The van der Waals surface area contributed by atoms with Gasteiger partial charge in [0, 0.05) is 176 Å². The van der Waals surface area contributed by atoms with Crippen LogP contribution >= 0.6 is 87.9 Å². The molecule has 5 aromatic carbocycles. The summed E-state index contributed by atoms with van der Waals surface area (Å²) in [6.45, 7) is 27.4. The molecule has 0 atom stereocenters. The normalized spacial score (nSPS) is 17.6. The summed E-state index contributed by atoms with van der Waals surface area (Å²) in [7, 11) is -9.64. The number of sulfone groups is 1. The number of aromatic nitrogens is 11. The van der Waals surface area contributed by atoms with Crippen LogP contribution in [0.2, 0.25) is 0 Å². The van der Waals surface area contributed by atoms with E-state index in [4.69, 9.17) is 36.7 Å². The number of fused-ring (bicyclic) bond motifs is 4. The van der Waals surface area contributed by atoms with Gasteiger partial charge in [0.25, 0.3) is 29.1 Å². The third-order valence-corrected chi connectivity index (χ3v) is 35.1. The van der Waals surface area contributed by atoms with Crippen molar-refractivity contribution in [1.82, 2.24) is 52.8 Å². The molecule has 146 heavy (non-hydrogen) atoms. The third-order valence-electron chi connectivity index (χ3n) is 24.2. The summed E-state index contributed by atoms with van der Waals surface area (Å²) in [6.07, 6.45) is 27.3. The maximum atomic E-state index is 13.4. The lowest BCUT2D eigenvalue weighted by atomic mass is 9.78. The standard InChI is InChI=1S/C27H30N4O4S2.C24H28BrN3O4S.C23H20N4O2S2.C20H24N4O2S.C7H4ClNO2S.C3H2BrNS/c1-17-5-7-20(8-6-17)37(33,34)31-11-9-21-24(22(16-29-25(21)31)26-28-10-12-36-26)30-19-13-18(14-19)15-23(32)35-27(2,3)4;1-15-5-7-18(8-6-15)33(30,31)28-10-9-19-22(20(25)14-26-23(19)28)27-17-11-16(12-17)13-21(29)32-24(2,3)4;24-13-15-2-1-3-18(12-15)31(28,29)14-16-10-17(11-16)27-22-19-6-7-25-21(19)5-4-20(22)23-26-8-9-30-23;1-20(2,3)26-16(25)10-12-8-13(9-12)24-17-14-4-5-21-18(14)23-11-15(17)19-22-6-7-27-19;1-9-6-3-2-4-7(5-6)12(8,10)11;4-3-5-1-2-6-3/h5-12,16,18-19H,13-15H2,1-4H3,(H,29,30);5-10,14,16-17H,11-13H2,1-4H3,(H,26,27);1-9,12,16-17,25,27H,10-11,14H2;4-7,11-13H,8-10H2,1-3H3,(H2,21,23,24);2-5H;1-2H. The van der Waals surface area contributed by atoms with Crippen LogP contribution in [-0.2, 0) is 67.5 Å². The van der Waals surface area contributed by atoms with Crippen molar-refractivity contribution in [2.24, 2.45) is 23.7 Å². The number of nitrogens with one attached hydrogen (secondary N) is 6. The van der Waals surface area contributed by atoms with Gasteiger partial charge in [-0.1, -0.05) is 53.6 Å². The van der Waals surface area contributed by atoms with E-state index in [1.165, 1.54) is 55.8 Å². The zero-order chi connectivity index (χ0) is 104. The number of nitrogens with zero attached hydrogens (tertiary/aromatic N) is 11. The van der Waals surface area contributed by atoms with Crippen molar-refractivity contribution in [2.75, 3.05) is 27.0 Å². The molecule has 4 aliphatic rings. The molecule has 4 fully saturated rings. The molecule has 0 aliphatic heterocycles. The molecular weight excluding hydrogens is 2160 g/mol. The number of ether oxygens (including phenoxy) is 3. The number of thiazole rings is 4. The molecular formula is C104H108Br2ClN17O14S8. The van der Waals surface area contributed by atoms with Crippen molar-refractivity contribution in [3.8, 4) is 37.8 Å². The number of nitriles is 1. The maximum absolute atomic E-state index is 13.4. The van der Waals surface area contributed by atoms with Crippen molar-refractivity contribution in [3.63, 3.8) is 0 Å². The molecule has 0 saturated heterocycles. The molecule has 762 valence electrons. The van der Waals surface area contributed by atoms with E-state index in [0.717, 1.165) is 153 Å². The highest BCUT2D eigenvalue weighted by Gasteiger charge is 2.39. The molecule has 0 unspecified atom stereocenters. The Kier molecular flexibility index (Phi) is 34.1. The van der Waals surface area contributed by atoms with Gasteiger partial charge in [-0.3, -0.25) is 14.4 Å². The number of carbonyl (C=O) groups is 3. The number of H-pyrrole nitrogens is 2. The summed E-state index contributed by atoms with van der Waals surface area (Å²) in [4.78, 5) is 77.1. The molecule has 0 spiro atoms. The summed E-state index contributed by atoms with van der Waals surface area (Å²) in [5.41, 5.74) is 10.5. The molecule has 42 heteroatoms. The van der Waals surface area contributed by atoms with Gasteiger partial charge in [-0.05, 0) is 274 Å². The summed E-state index contributed by atoms with van der Waals surface area (Å²) >= 11 is 13.0. The fourth-order valence-corrected chi connectivity index (χ4v) is 25.5. The number of pyridine rings is 3. The lowest BCUT2D eigenvalue weighted by Crippen LogP contribution is -2.39. The first-order valence-corrected chi connectivity index (χ1v) is 58.7. The molecule has 4 aliphatic carbocycles. The number of halogens is 3. The van der Waals surface area contributed by atoms with Gasteiger partial charge >= 0.3 is 17.9 Å². The highest BCUT2D eigenvalue weighted by atomic mass is 79.9. The van der Waals surface area contributed by atoms with Crippen molar-refractivity contribution < 1.29 is 62.3 Å². The van der Waals surface area contributed by atoms with E-state index in [0.29, 0.717) is 53.5 Å². The second-order valence-electron chi connectivity index (χ2n) is 38.9. The average molecular weight is 2270 g/mol. The van der Waals surface area contributed by atoms with Crippen LogP contribution in [0.1, 0.15) is 150 Å². The minimum atomic E-state index is -3.82. The number of carbonyl (C=O) groups excluding carboxylic acids is 3. The third kappa shape index (κ3) is 27.6. The molecule has 0 bridgehead atoms. The average Bonchev–Trinajstić information content (AvgIpc) is 1.59. The molecule has 6 N–H and O–H groups in total. The number of aromatic amines is 2. The Morgan fingerprint density at radius 3 is 1.34 bits per heavy atom. The number of rotatable bonds is 25. The second-order valence-corrected chi connectivity index (χ2v) is 52.9. The van der Waals surface area contributed by atoms with Crippen molar-refractivity contribution in [2.45, 2.75) is 207 Å². The van der Waals surface area contributed by atoms with Gasteiger partial charge < -0.3 is 45.4 Å². The SMILES string of the molecule is Brc1nccs1.CC(C)(C)OC(=O)CC1CC(Nc2c(-c3nccs3)cnc3[nH]ccc23)C1.Cc1ccc(S(=O)(=O)n2ccc3c(NC4CC(CC(=O)OC(C)(C)C)C4)c(-c4nccs4)cnc32)cc1.Cc1ccc(S(=O)(=O)n2ccc3c(NC4CC(CC(=O)OC(C)(C)C)C4)c(Br)cnc32)cc1.N#Cc1cccc(S(=O)(=O)CC2CC(Nc3c(-c4nccs4)ccc4[nH]ccc34)C2)c1.[C-]#[N+]c1cccc(S(=O)(=O)Cl)c1. The van der Waals surface area contributed by atoms with Crippen LogP contribution in [0.15, 0.2) is 251 Å². The van der Waals surface area contributed by atoms with Gasteiger partial charge in [-0.25, -0.2) is 81.3 Å². The van der Waals surface area contributed by atoms with Crippen LogP contribution < -0.4 is 21.3 Å². The largest absolute Gasteiger partial charge is 0.460 e. The lowest BCUT2D eigenvalue weighted by molar-refractivity contribution is -0.157. The molecule has 0 amide bonds. The van der Waals surface area contributed by atoms with Gasteiger partial charge in [0.15, 0.2) is 30.7 Å². The van der Waals surface area contributed by atoms with Crippen LogP contribution in [0, 0.1) is 55.4 Å². The summed E-state index contributed by atoms with van der Waals surface area (Å²) in [5.74, 6) is 0.659. The fraction of sp³-hybridized carbons (Fsp3) is 0.327. The molecule has 11 aromatic heterocycles. The van der Waals surface area contributed by atoms with Crippen molar-refractivity contribution in [3.05, 3.63) is 260 Å². The number of benzene rings is 5. The predicted octanol–water partition coefficient (Wildman–Crippen LogP) is 24.4. The van der Waals surface area contributed by atoms with Crippen molar-refractivity contribution >= 4 is 217 Å². The van der Waals surface area contributed by atoms with Crippen LogP contribution in [-0.4, -0.2) is 151 Å². The molecule has 0 radical (unpaired) electrons. The quantitative estimate of drug-likeness (QED) is 0.0134. The Balaban J connectivity index is 0.000000138. The van der Waals surface area contributed by atoms with Crippen molar-refractivity contribution in [1.29, 1.82) is 5.26 Å². The molecule has 4 saturated carbocycles. The van der Waals surface area contributed by atoms with Crippen LogP contribution in [0.25, 0.3) is 80.6 Å². The zero-order valence-electron chi connectivity index (χ0n) is 81.5. The maximum Gasteiger partial charge on any atom is 0.306 e. The Morgan fingerprint density at radius 1 is 0.473 bits per heavy atom. The van der Waals surface area contributed by atoms with E-state index in [-0.39, 0.29) is 84.8 Å². The fourth-order valence-electron chi connectivity index (χ4n) is 17.3. The number of anilines is 4. The number of hydrogen-bond donors (Lipinski definition) is 6. The second kappa shape index (κ2) is 46.1. The minimum Gasteiger partial charge on any atom is -0.460 e. The first-order valence-electron chi connectivity index (χ1n) is 46.8. The summed E-state index contributed by atoms with van der Waals surface area (Å²) < 4.78 is 121. The Bertz CT molecular complexity index is 7910. The molecule has 16 aromatic rings. The summed E-state index contributed by atoms with van der Waals surface area (Å²) in [5, 5.41) is 37.5. The minimum absolute atomic E-state index is 0.0438. The molecule has 11 heterocycles. The van der Waals surface area contributed by atoms with E-state index in [9.17, 15) is 48.1 Å². The van der Waals surface area contributed by atoms with Crippen LogP contribution in [0.4, 0.5) is 28.4 Å². The highest BCUT2D eigenvalue weighted by molar-refractivity contribution is 9.11. The monoisotopic (exact) mass is 2270 g/mol. The van der Waals surface area contributed by atoms with Crippen LogP contribution in [0.3, 0.4) is 0 Å². The first kappa shape index (κ1) is 108. The lowest BCUT2D eigenvalue weighted by Gasteiger charge is -2.37. The number of esters is 3. The first-order chi connectivity index (χ1) is 69.3. The zero-order valence-corrected chi connectivity index (χ0v) is 92.0. The topological polar surface area (TPSA) is 423 Å². The van der Waals surface area contributed by atoms with E-state index in [2.05, 4.69) is 121 Å². The van der Waals surface area contributed by atoms with E-state index >= 15 is 0 Å². The van der Waals surface area contributed by atoms with Crippen LogP contribution in [0.5, 0.6) is 0 Å². The van der Waals surface area contributed by atoms with Gasteiger partial charge in [0.05, 0.1) is 81.9 Å². The Morgan fingerprint density at radius 2 is 0.890 bits per heavy atom. The Hall–Kier alpha value is -12.1. The molecule has 31 nitrogen and oxygen atoms in total. The highest BCUT2D eigenvalue weighted by Crippen LogP contribution is 2.46.